The van der Waals surface area contributed by atoms with E-state index in [1.165, 1.54) is 0 Å². The quantitative estimate of drug-likeness (QED) is 0.194. The first-order valence-electron chi connectivity index (χ1n) is 5.71. The Morgan fingerprint density at radius 1 is 1.25 bits per heavy atom. The molecule has 2 unspecified atom stereocenters. The van der Waals surface area contributed by atoms with Crippen LogP contribution in [0.4, 0.5) is 0 Å². The Bertz CT molecular complexity index is 215. The van der Waals surface area contributed by atoms with E-state index in [0.29, 0.717) is 19.5 Å². The number of hydrogen-bond donors (Lipinski definition) is 4. The highest BCUT2D eigenvalue weighted by Gasteiger charge is 2.28. The van der Waals surface area contributed by atoms with Gasteiger partial charge in [-0.25, -0.2) is 5.84 Å². The Labute approximate surface area is 95.4 Å². The predicted octanol–water partition coefficient (Wildman–Crippen LogP) is -1.43. The van der Waals surface area contributed by atoms with Gasteiger partial charge in [-0.3, -0.25) is 15.1 Å². The van der Waals surface area contributed by atoms with Crippen molar-refractivity contribution in [3.8, 4) is 0 Å². The zero-order valence-electron chi connectivity index (χ0n) is 9.43. The summed E-state index contributed by atoms with van der Waals surface area (Å²) in [5.74, 6) is 4.82. The summed E-state index contributed by atoms with van der Waals surface area (Å²) in [7, 11) is 0. The maximum absolute atomic E-state index is 10.8. The van der Waals surface area contributed by atoms with Gasteiger partial charge in [0.25, 0.3) is 0 Å². The first-order chi connectivity index (χ1) is 7.63. The Balaban J connectivity index is 1.98. The zero-order chi connectivity index (χ0) is 12.0. The van der Waals surface area contributed by atoms with Gasteiger partial charge in [0.2, 0.25) is 5.91 Å². The molecule has 0 radical (unpaired) electrons. The lowest BCUT2D eigenvalue weighted by molar-refractivity contribution is -0.121. The summed E-state index contributed by atoms with van der Waals surface area (Å²) in [5.41, 5.74) is 2.09. The highest BCUT2D eigenvalue weighted by Crippen LogP contribution is 2.11. The second-order valence-corrected chi connectivity index (χ2v) is 4.27. The van der Waals surface area contributed by atoms with Crippen molar-refractivity contribution >= 4 is 5.91 Å². The number of unbranched alkanes of at least 4 members (excludes halogenated alkanes) is 2. The molecule has 1 fully saturated rings. The molecule has 1 amide bonds. The molecule has 94 valence electrons. The van der Waals surface area contributed by atoms with Gasteiger partial charge < -0.3 is 10.2 Å². The van der Waals surface area contributed by atoms with Crippen LogP contribution in [0.1, 0.15) is 25.7 Å². The van der Waals surface area contributed by atoms with E-state index in [4.69, 9.17) is 5.84 Å². The second kappa shape index (κ2) is 6.80. The third-order valence-corrected chi connectivity index (χ3v) is 2.87. The van der Waals surface area contributed by atoms with E-state index in [-0.39, 0.29) is 5.91 Å². The molecule has 0 aliphatic carbocycles. The first-order valence-corrected chi connectivity index (χ1v) is 5.71. The summed E-state index contributed by atoms with van der Waals surface area (Å²) >= 11 is 0. The lowest BCUT2D eigenvalue weighted by atomic mass is 10.2. The number of carbonyl (C=O) groups excluding carboxylic acids is 1. The lowest BCUT2D eigenvalue weighted by Crippen LogP contribution is -2.29. The summed E-state index contributed by atoms with van der Waals surface area (Å²) in [6, 6.07) is 0. The topological polar surface area (TPSA) is 98.8 Å². The second-order valence-electron chi connectivity index (χ2n) is 4.27. The minimum atomic E-state index is -0.608. The zero-order valence-corrected chi connectivity index (χ0v) is 9.43. The van der Waals surface area contributed by atoms with E-state index in [2.05, 4.69) is 5.43 Å². The molecule has 1 rings (SSSR count). The number of nitrogens with one attached hydrogen (secondary N) is 1. The Kier molecular flexibility index (Phi) is 5.68. The van der Waals surface area contributed by atoms with Crippen molar-refractivity contribution in [1.82, 2.24) is 10.3 Å². The molecule has 0 aromatic carbocycles. The van der Waals surface area contributed by atoms with Crippen molar-refractivity contribution in [3.63, 3.8) is 0 Å². The van der Waals surface area contributed by atoms with Crippen LogP contribution < -0.4 is 11.3 Å². The van der Waals surface area contributed by atoms with Gasteiger partial charge in [0.15, 0.2) is 0 Å². The van der Waals surface area contributed by atoms with Gasteiger partial charge in [0, 0.05) is 19.5 Å². The Hall–Kier alpha value is -0.690. The third-order valence-electron chi connectivity index (χ3n) is 2.87. The van der Waals surface area contributed by atoms with Gasteiger partial charge in [0.1, 0.15) is 0 Å². The van der Waals surface area contributed by atoms with E-state index in [1.807, 2.05) is 4.90 Å². The Morgan fingerprint density at radius 3 is 2.44 bits per heavy atom. The standard InChI is InChI=1S/C10H21N3O3/c11-12-10(16)4-2-1-3-5-13-6-8(14)9(15)7-13/h8-9,14-15H,1-7,11H2,(H,12,16). The van der Waals surface area contributed by atoms with Gasteiger partial charge in [-0.15, -0.1) is 0 Å². The number of hydrogen-bond acceptors (Lipinski definition) is 5. The summed E-state index contributed by atoms with van der Waals surface area (Å²) < 4.78 is 0. The van der Waals surface area contributed by atoms with Crippen LogP contribution in [0, 0.1) is 0 Å². The molecule has 1 aliphatic rings. The van der Waals surface area contributed by atoms with Gasteiger partial charge >= 0.3 is 0 Å². The van der Waals surface area contributed by atoms with Crippen LogP contribution in [0.3, 0.4) is 0 Å². The van der Waals surface area contributed by atoms with Crippen molar-refractivity contribution in [2.24, 2.45) is 5.84 Å². The van der Waals surface area contributed by atoms with Crippen LogP contribution in [0.5, 0.6) is 0 Å². The molecule has 0 saturated carbocycles. The molecule has 5 N–H and O–H groups in total. The molecular weight excluding hydrogens is 210 g/mol. The van der Waals surface area contributed by atoms with Crippen LogP contribution >= 0.6 is 0 Å². The predicted molar refractivity (Wildman–Crippen MR) is 59.3 cm³/mol. The van der Waals surface area contributed by atoms with E-state index >= 15 is 0 Å². The minimum absolute atomic E-state index is 0.132. The van der Waals surface area contributed by atoms with Crippen molar-refractivity contribution < 1.29 is 15.0 Å². The van der Waals surface area contributed by atoms with Gasteiger partial charge in [-0.05, 0) is 19.4 Å². The number of likely N-dealkylation sites (tertiary alicyclic amines) is 1. The number of rotatable bonds is 6. The average molecular weight is 231 g/mol. The number of hydrazine groups is 1. The molecule has 16 heavy (non-hydrogen) atoms. The maximum Gasteiger partial charge on any atom is 0.233 e. The summed E-state index contributed by atoms with van der Waals surface area (Å²) in [6.07, 6.45) is 1.99. The number of aliphatic hydroxyl groups excluding tert-OH is 2. The minimum Gasteiger partial charge on any atom is -0.389 e. The average Bonchev–Trinajstić information content (AvgIpc) is 2.57. The number of aliphatic hydroxyl groups is 2. The fourth-order valence-corrected chi connectivity index (χ4v) is 1.90. The molecule has 0 bridgehead atoms. The number of nitrogens with two attached hydrogens (primary N) is 1. The molecule has 6 heteroatoms. The summed E-state index contributed by atoms with van der Waals surface area (Å²) in [5, 5.41) is 18.6. The number of amides is 1. The molecule has 2 atom stereocenters. The molecule has 6 nitrogen and oxygen atoms in total. The monoisotopic (exact) mass is 231 g/mol. The largest absolute Gasteiger partial charge is 0.389 e. The van der Waals surface area contributed by atoms with Gasteiger partial charge in [-0.2, -0.15) is 0 Å². The van der Waals surface area contributed by atoms with Gasteiger partial charge in [0.05, 0.1) is 12.2 Å². The van der Waals surface area contributed by atoms with Crippen LogP contribution in [0.15, 0.2) is 0 Å². The van der Waals surface area contributed by atoms with Crippen molar-refractivity contribution in [1.29, 1.82) is 0 Å². The fourth-order valence-electron chi connectivity index (χ4n) is 1.90. The van der Waals surface area contributed by atoms with Gasteiger partial charge in [-0.1, -0.05) is 6.42 Å². The molecule has 1 heterocycles. The van der Waals surface area contributed by atoms with Crippen LogP contribution in [0.2, 0.25) is 0 Å². The molecule has 0 spiro atoms. The highest BCUT2D eigenvalue weighted by atomic mass is 16.3. The highest BCUT2D eigenvalue weighted by molar-refractivity contribution is 5.74. The third kappa shape index (κ3) is 4.44. The Morgan fingerprint density at radius 2 is 1.88 bits per heavy atom. The summed E-state index contributed by atoms with van der Waals surface area (Å²) in [6.45, 7) is 1.95. The molecule has 1 saturated heterocycles. The molecule has 0 aromatic rings. The molecular formula is C10H21N3O3. The van der Waals surface area contributed by atoms with Crippen molar-refractivity contribution in [3.05, 3.63) is 0 Å². The normalized spacial score (nSPS) is 25.9. The number of β-amino-alcohol motifs (C(OH)–C–C–N with tert-alkyl or cyclic N) is 2. The van der Waals surface area contributed by atoms with Crippen LogP contribution in [0.25, 0.3) is 0 Å². The smallest absolute Gasteiger partial charge is 0.233 e. The van der Waals surface area contributed by atoms with E-state index in [9.17, 15) is 15.0 Å². The SMILES string of the molecule is NNC(=O)CCCCCN1CC(O)C(O)C1. The van der Waals surface area contributed by atoms with E-state index < -0.39 is 12.2 Å². The number of nitrogens with zero attached hydrogens (tertiary/aromatic N) is 1. The fraction of sp³-hybridized carbons (Fsp3) is 0.900. The number of carbonyl (C=O) groups is 1. The molecule has 1 aliphatic heterocycles. The van der Waals surface area contributed by atoms with E-state index in [0.717, 1.165) is 25.8 Å². The maximum atomic E-state index is 10.8. The van der Waals surface area contributed by atoms with Crippen LogP contribution in [-0.2, 0) is 4.79 Å². The van der Waals surface area contributed by atoms with Crippen LogP contribution in [-0.4, -0.2) is 52.9 Å². The van der Waals surface area contributed by atoms with Crippen molar-refractivity contribution in [2.45, 2.75) is 37.9 Å². The van der Waals surface area contributed by atoms with E-state index in [1.54, 1.807) is 0 Å². The van der Waals surface area contributed by atoms with Crippen molar-refractivity contribution in [2.75, 3.05) is 19.6 Å². The summed E-state index contributed by atoms with van der Waals surface area (Å²) in [4.78, 5) is 12.8. The molecule has 0 aromatic heterocycles. The first kappa shape index (κ1) is 13.4. The lowest BCUT2D eigenvalue weighted by Gasteiger charge is -2.13.